The van der Waals surface area contributed by atoms with E-state index in [0.717, 1.165) is 0 Å². The summed E-state index contributed by atoms with van der Waals surface area (Å²) in [7, 11) is 0. The minimum atomic E-state index is -1.30. The average Bonchev–Trinajstić information content (AvgIpc) is 1.81. The van der Waals surface area contributed by atoms with Crippen LogP contribution in [-0.4, -0.2) is 33.7 Å². The summed E-state index contributed by atoms with van der Waals surface area (Å²) in [5, 5.41) is 16.6. The van der Waals surface area contributed by atoms with Crippen LogP contribution >= 0.6 is 25.3 Å². The summed E-state index contributed by atoms with van der Waals surface area (Å²) in [6.07, 6.45) is -0.320. The van der Waals surface area contributed by atoms with Gasteiger partial charge in [0.15, 0.2) is 4.27 Å². The van der Waals surface area contributed by atoms with E-state index in [-0.39, 0.29) is 19.6 Å². The molecule has 2 N–H and O–H groups in total. The third-order valence-electron chi connectivity index (χ3n) is 0.806. The fraction of sp³-hybridized carbons (Fsp3) is 0.800. The molecule has 11 heavy (non-hydrogen) atoms. The zero-order valence-electron chi connectivity index (χ0n) is 5.73. The molecule has 0 bridgehead atoms. The van der Waals surface area contributed by atoms with Gasteiger partial charge in [0, 0.05) is 0 Å². The second kappa shape index (κ2) is 4.87. The summed E-state index contributed by atoms with van der Waals surface area (Å²) in [4.78, 5) is 10.1. The predicted molar refractivity (Wildman–Crippen MR) is 46.0 cm³/mol. The zero-order chi connectivity index (χ0) is 8.91. The van der Waals surface area contributed by atoms with E-state index in [1.54, 1.807) is 0 Å². The molecule has 6 heteroatoms. The van der Waals surface area contributed by atoms with Crippen LogP contribution in [0.4, 0.5) is 0 Å². The summed E-state index contributed by atoms with van der Waals surface area (Å²) < 4.78 is 3.49. The third kappa shape index (κ3) is 6.49. The maximum Gasteiger partial charge on any atom is 0.308 e. The van der Waals surface area contributed by atoms with Crippen molar-refractivity contribution in [3.63, 3.8) is 0 Å². The van der Waals surface area contributed by atoms with Gasteiger partial charge in [0.25, 0.3) is 0 Å². The van der Waals surface area contributed by atoms with Crippen LogP contribution < -0.4 is 0 Å². The molecule has 4 nitrogen and oxygen atoms in total. The van der Waals surface area contributed by atoms with E-state index in [2.05, 4.69) is 25.3 Å². The summed E-state index contributed by atoms with van der Waals surface area (Å²) in [6.45, 7) is -0.150. The topological polar surface area (TPSA) is 66.8 Å². The van der Waals surface area contributed by atoms with Gasteiger partial charge in [-0.25, -0.2) is 0 Å². The van der Waals surface area contributed by atoms with E-state index in [1.807, 2.05) is 0 Å². The van der Waals surface area contributed by atoms with Crippen molar-refractivity contribution in [3.05, 3.63) is 0 Å². The van der Waals surface area contributed by atoms with E-state index >= 15 is 0 Å². The largest absolute Gasteiger partial charge is 0.481 e. The molecule has 0 aliphatic rings. The molecular weight excluding hydrogens is 188 g/mol. The van der Waals surface area contributed by atoms with Crippen LogP contribution in [0.3, 0.4) is 0 Å². The summed E-state index contributed by atoms with van der Waals surface area (Å²) in [5.41, 5.74) is 0. The molecule has 0 radical (unpaired) electrons. The van der Waals surface area contributed by atoms with Gasteiger partial charge in [0.1, 0.15) is 0 Å². The van der Waals surface area contributed by atoms with E-state index in [1.165, 1.54) is 0 Å². The molecule has 0 spiro atoms. The third-order valence-corrected chi connectivity index (χ3v) is 1.38. The minimum absolute atomic E-state index is 0.0281. The highest BCUT2D eigenvalue weighted by atomic mass is 32.2. The number of hydrogen-bond donors (Lipinski definition) is 4. The SMILES string of the molecule is O=C(O)CC(S)(S)OCCO. The molecule has 0 aliphatic heterocycles. The van der Waals surface area contributed by atoms with Gasteiger partial charge in [-0.15, -0.1) is 25.3 Å². The fourth-order valence-corrected chi connectivity index (χ4v) is 0.910. The van der Waals surface area contributed by atoms with Crippen molar-refractivity contribution in [1.29, 1.82) is 0 Å². The highest BCUT2D eigenvalue weighted by Gasteiger charge is 2.24. The van der Waals surface area contributed by atoms with Gasteiger partial charge >= 0.3 is 5.97 Å². The smallest absolute Gasteiger partial charge is 0.308 e. The Bertz CT molecular complexity index is 136. The molecule has 0 rings (SSSR count). The lowest BCUT2D eigenvalue weighted by Gasteiger charge is -2.19. The maximum absolute atomic E-state index is 10.1. The number of thiol groups is 2. The average molecular weight is 198 g/mol. The molecule has 0 amide bonds. The molecule has 0 saturated carbocycles. The van der Waals surface area contributed by atoms with Gasteiger partial charge in [-0.05, 0) is 0 Å². The van der Waals surface area contributed by atoms with E-state index in [9.17, 15) is 4.79 Å². The molecule has 0 aromatic rings. The number of ether oxygens (including phenoxy) is 1. The van der Waals surface area contributed by atoms with Crippen molar-refractivity contribution in [2.75, 3.05) is 13.2 Å². The maximum atomic E-state index is 10.1. The second-order valence-electron chi connectivity index (χ2n) is 1.89. The Labute approximate surface area is 75.4 Å². The monoisotopic (exact) mass is 198 g/mol. The quantitative estimate of drug-likeness (QED) is 0.370. The van der Waals surface area contributed by atoms with E-state index < -0.39 is 10.2 Å². The molecule has 0 aromatic carbocycles. The van der Waals surface area contributed by atoms with Crippen LogP contribution in [0.1, 0.15) is 6.42 Å². The molecular formula is C5H10O4S2. The first-order valence-corrected chi connectivity index (χ1v) is 3.79. The fourth-order valence-electron chi connectivity index (χ4n) is 0.457. The van der Waals surface area contributed by atoms with Gasteiger partial charge in [0.2, 0.25) is 0 Å². The van der Waals surface area contributed by atoms with Crippen LogP contribution in [0.15, 0.2) is 0 Å². The number of aliphatic carboxylic acids is 1. The molecule has 66 valence electrons. The highest BCUT2D eigenvalue weighted by molar-refractivity contribution is 8.00. The van der Waals surface area contributed by atoms with Gasteiger partial charge in [-0.2, -0.15) is 0 Å². The van der Waals surface area contributed by atoms with Crippen LogP contribution in [-0.2, 0) is 9.53 Å². The van der Waals surface area contributed by atoms with Crippen molar-refractivity contribution in [3.8, 4) is 0 Å². The van der Waals surface area contributed by atoms with Crippen LogP contribution in [0, 0.1) is 0 Å². The number of carbonyl (C=O) groups is 1. The number of rotatable bonds is 5. The first-order chi connectivity index (χ1) is 4.98. The molecule has 0 saturated heterocycles. The predicted octanol–water partition coefficient (Wildman–Crippen LogP) is -0.0166. The Hall–Kier alpha value is 0.0900. The van der Waals surface area contributed by atoms with E-state index in [0.29, 0.717) is 0 Å². The summed E-state index contributed by atoms with van der Waals surface area (Å²) in [6, 6.07) is 0. The van der Waals surface area contributed by atoms with Gasteiger partial charge in [-0.1, -0.05) is 0 Å². The number of carboxylic acid groups (broad SMARTS) is 1. The Morgan fingerprint density at radius 1 is 1.55 bits per heavy atom. The highest BCUT2D eigenvalue weighted by Crippen LogP contribution is 2.25. The second-order valence-corrected chi connectivity index (χ2v) is 3.68. The Balaban J connectivity index is 3.70. The lowest BCUT2D eigenvalue weighted by Crippen LogP contribution is -2.24. The summed E-state index contributed by atoms with van der Waals surface area (Å²) >= 11 is 7.62. The van der Waals surface area contributed by atoms with Crippen LogP contribution in [0.5, 0.6) is 0 Å². The van der Waals surface area contributed by atoms with Crippen LogP contribution in [0.2, 0.25) is 0 Å². The van der Waals surface area contributed by atoms with Crippen molar-refractivity contribution in [1.82, 2.24) is 0 Å². The van der Waals surface area contributed by atoms with Gasteiger partial charge < -0.3 is 14.9 Å². The molecule has 0 aliphatic carbocycles. The molecule has 0 fully saturated rings. The minimum Gasteiger partial charge on any atom is -0.481 e. The molecule has 0 aromatic heterocycles. The van der Waals surface area contributed by atoms with Gasteiger partial charge in [-0.3, -0.25) is 4.79 Å². The number of aliphatic hydroxyl groups excluding tert-OH is 1. The van der Waals surface area contributed by atoms with Crippen molar-refractivity contribution >= 4 is 31.2 Å². The molecule has 0 atom stereocenters. The number of aliphatic hydroxyl groups is 1. The Morgan fingerprint density at radius 2 is 2.09 bits per heavy atom. The first kappa shape index (κ1) is 11.1. The summed E-state index contributed by atoms with van der Waals surface area (Å²) in [5.74, 6) is -1.05. The first-order valence-electron chi connectivity index (χ1n) is 2.89. The van der Waals surface area contributed by atoms with Crippen molar-refractivity contribution in [2.45, 2.75) is 10.7 Å². The van der Waals surface area contributed by atoms with Gasteiger partial charge in [0.05, 0.1) is 19.6 Å². The zero-order valence-corrected chi connectivity index (χ0v) is 7.52. The Morgan fingerprint density at radius 3 is 2.45 bits per heavy atom. The van der Waals surface area contributed by atoms with E-state index in [4.69, 9.17) is 14.9 Å². The van der Waals surface area contributed by atoms with Crippen molar-refractivity contribution < 1.29 is 19.7 Å². The molecule has 0 heterocycles. The Kier molecular flexibility index (Phi) is 4.91. The number of hydrogen-bond acceptors (Lipinski definition) is 5. The van der Waals surface area contributed by atoms with Crippen LogP contribution in [0.25, 0.3) is 0 Å². The lowest BCUT2D eigenvalue weighted by atomic mass is 10.4. The van der Waals surface area contributed by atoms with Crippen molar-refractivity contribution in [2.24, 2.45) is 0 Å². The lowest BCUT2D eigenvalue weighted by molar-refractivity contribution is -0.139. The number of carboxylic acids is 1. The normalized spacial score (nSPS) is 11.5. The standard InChI is InChI=1S/C5H10O4S2/c6-1-2-9-5(10,11)3-4(7)8/h6,10-11H,1-3H2,(H,7,8). The molecule has 0 unspecified atom stereocenters.